The number of fused-ring (bicyclic) bond motifs is 1. The number of nitrogens with one attached hydrogen (secondary N) is 1. The number of alkyl carbamates (subject to hydrolysis) is 1. The lowest BCUT2D eigenvalue weighted by Gasteiger charge is -2.08. The van der Waals surface area contributed by atoms with Crippen LogP contribution in [0.25, 0.3) is 0 Å². The van der Waals surface area contributed by atoms with Gasteiger partial charge in [-0.15, -0.1) is 11.8 Å². The van der Waals surface area contributed by atoms with Crippen LogP contribution in [0.15, 0.2) is 0 Å². The number of nitrogens with two attached hydrogens (primary N) is 1. The second kappa shape index (κ2) is 10.5. The monoisotopic (exact) mass is 324 g/mol. The van der Waals surface area contributed by atoms with Crippen molar-refractivity contribution in [2.75, 3.05) is 46.1 Å². The van der Waals surface area contributed by atoms with Gasteiger partial charge in [-0.2, -0.15) is 0 Å². The molecule has 6 heteroatoms. The molecule has 0 spiro atoms. The van der Waals surface area contributed by atoms with Crippen molar-refractivity contribution in [3.8, 4) is 11.8 Å². The van der Waals surface area contributed by atoms with Gasteiger partial charge in [-0.05, 0) is 30.6 Å². The third-order valence-electron chi connectivity index (χ3n) is 4.40. The average molecular weight is 324 g/mol. The van der Waals surface area contributed by atoms with E-state index in [1.807, 2.05) is 0 Å². The summed E-state index contributed by atoms with van der Waals surface area (Å²) in [5.41, 5.74) is 5.30. The second-order valence-corrected chi connectivity index (χ2v) is 5.96. The first-order chi connectivity index (χ1) is 11.3. The summed E-state index contributed by atoms with van der Waals surface area (Å²) in [6.45, 7) is 3.51. The van der Waals surface area contributed by atoms with Crippen molar-refractivity contribution in [1.29, 1.82) is 0 Å². The molecule has 0 saturated heterocycles. The Hall–Kier alpha value is -1.29. The van der Waals surface area contributed by atoms with E-state index >= 15 is 0 Å². The van der Waals surface area contributed by atoms with E-state index in [-0.39, 0.29) is 6.09 Å². The maximum absolute atomic E-state index is 11.6. The molecule has 0 aliphatic heterocycles. The summed E-state index contributed by atoms with van der Waals surface area (Å²) in [5.74, 6) is 8.31. The maximum Gasteiger partial charge on any atom is 0.407 e. The van der Waals surface area contributed by atoms with Gasteiger partial charge in [-0.1, -0.05) is 0 Å². The molecule has 2 unspecified atom stereocenters. The highest BCUT2D eigenvalue weighted by molar-refractivity contribution is 5.67. The molecule has 0 aromatic carbocycles. The van der Waals surface area contributed by atoms with E-state index in [4.69, 9.17) is 19.9 Å². The number of rotatable bonds is 10. The lowest BCUT2D eigenvalue weighted by atomic mass is 10.1. The Bertz CT molecular complexity index is 401. The third-order valence-corrected chi connectivity index (χ3v) is 4.40. The Labute approximate surface area is 138 Å². The Morgan fingerprint density at radius 1 is 1.04 bits per heavy atom. The van der Waals surface area contributed by atoms with E-state index in [1.165, 1.54) is 0 Å². The summed E-state index contributed by atoms with van der Waals surface area (Å²) in [6, 6.07) is 0. The van der Waals surface area contributed by atoms with Gasteiger partial charge < -0.3 is 25.3 Å². The van der Waals surface area contributed by atoms with Gasteiger partial charge in [0.1, 0.15) is 0 Å². The predicted molar refractivity (Wildman–Crippen MR) is 86.8 cm³/mol. The predicted octanol–water partition coefficient (Wildman–Crippen LogP) is 1.14. The molecule has 0 aromatic heterocycles. The third kappa shape index (κ3) is 6.78. The van der Waals surface area contributed by atoms with Crippen LogP contribution in [0.4, 0.5) is 4.79 Å². The summed E-state index contributed by atoms with van der Waals surface area (Å²) in [6.07, 6.45) is 3.90. The summed E-state index contributed by atoms with van der Waals surface area (Å²) >= 11 is 0. The van der Waals surface area contributed by atoms with Gasteiger partial charge in [0.05, 0.1) is 33.0 Å². The Kier molecular flexibility index (Phi) is 8.23. The van der Waals surface area contributed by atoms with E-state index in [0.717, 1.165) is 25.7 Å². The van der Waals surface area contributed by atoms with Crippen molar-refractivity contribution in [3.63, 3.8) is 0 Å². The quantitative estimate of drug-likeness (QED) is 0.465. The van der Waals surface area contributed by atoms with E-state index < -0.39 is 0 Å². The van der Waals surface area contributed by atoms with Crippen molar-refractivity contribution in [2.45, 2.75) is 25.7 Å². The average Bonchev–Trinajstić information content (AvgIpc) is 3.17. The first-order valence-corrected chi connectivity index (χ1v) is 8.55. The van der Waals surface area contributed by atoms with Crippen LogP contribution in [0, 0.1) is 29.6 Å². The molecule has 2 atom stereocenters. The minimum atomic E-state index is -0.358. The van der Waals surface area contributed by atoms with Gasteiger partial charge in [0, 0.05) is 25.9 Å². The zero-order valence-corrected chi connectivity index (χ0v) is 13.7. The molecule has 2 aliphatic carbocycles. The first kappa shape index (κ1) is 18.1. The van der Waals surface area contributed by atoms with Gasteiger partial charge in [0.25, 0.3) is 0 Å². The molecule has 1 fully saturated rings. The summed E-state index contributed by atoms with van der Waals surface area (Å²) in [4.78, 5) is 11.6. The minimum Gasteiger partial charge on any atom is -0.449 e. The van der Waals surface area contributed by atoms with Crippen LogP contribution in [-0.4, -0.2) is 52.2 Å². The highest BCUT2D eigenvalue weighted by Gasteiger charge is 2.49. The second-order valence-electron chi connectivity index (χ2n) is 5.96. The van der Waals surface area contributed by atoms with Gasteiger partial charge in [-0.3, -0.25) is 0 Å². The van der Waals surface area contributed by atoms with E-state index in [2.05, 4.69) is 17.2 Å². The normalized spacial score (nSPS) is 25.3. The summed E-state index contributed by atoms with van der Waals surface area (Å²) in [7, 11) is 0. The molecule has 23 heavy (non-hydrogen) atoms. The minimum absolute atomic E-state index is 0.358. The van der Waals surface area contributed by atoms with Crippen molar-refractivity contribution >= 4 is 6.09 Å². The fraction of sp³-hybridized carbons (Fsp3) is 0.824. The number of carbonyl (C=O) groups is 1. The molecule has 1 amide bonds. The molecule has 0 bridgehead atoms. The van der Waals surface area contributed by atoms with Crippen LogP contribution < -0.4 is 11.1 Å². The van der Waals surface area contributed by atoms with Gasteiger partial charge in [0.2, 0.25) is 0 Å². The molecule has 6 nitrogen and oxygen atoms in total. The molecule has 0 aromatic rings. The Balaban J connectivity index is 1.44. The standard InChI is InChI=1S/C17H28N2O4/c18-7-9-21-11-12-22-10-8-19-17(20)23-13-16-14-5-3-1-2-4-6-15(14)16/h14-16H,3-13,18H2,(H,19,20). The number of carbonyl (C=O) groups excluding carboxylic acids is 1. The van der Waals surface area contributed by atoms with Gasteiger partial charge in [0.15, 0.2) is 0 Å². The zero-order valence-electron chi connectivity index (χ0n) is 13.7. The number of ether oxygens (including phenoxy) is 3. The molecule has 130 valence electrons. The van der Waals surface area contributed by atoms with Crippen molar-refractivity contribution in [1.82, 2.24) is 5.32 Å². The number of hydrogen-bond donors (Lipinski definition) is 2. The smallest absolute Gasteiger partial charge is 0.407 e. The fourth-order valence-corrected chi connectivity index (χ4v) is 3.14. The lowest BCUT2D eigenvalue weighted by molar-refractivity contribution is 0.0511. The van der Waals surface area contributed by atoms with Crippen LogP contribution in [0.2, 0.25) is 0 Å². The lowest BCUT2D eigenvalue weighted by Crippen LogP contribution is -2.29. The van der Waals surface area contributed by atoms with Crippen LogP contribution >= 0.6 is 0 Å². The molecule has 2 aliphatic rings. The Morgan fingerprint density at radius 3 is 2.35 bits per heavy atom. The van der Waals surface area contributed by atoms with E-state index in [1.54, 1.807) is 0 Å². The highest BCUT2D eigenvalue weighted by Crippen LogP contribution is 2.52. The van der Waals surface area contributed by atoms with Gasteiger partial charge in [-0.25, -0.2) is 4.79 Å². The molecular weight excluding hydrogens is 296 g/mol. The van der Waals surface area contributed by atoms with E-state index in [9.17, 15) is 4.79 Å². The molecule has 0 heterocycles. The van der Waals surface area contributed by atoms with Crippen LogP contribution in [0.5, 0.6) is 0 Å². The SMILES string of the molecule is NCCOCCOCCNC(=O)OCC1C2CCC#CCCC21. The number of hydrogen-bond acceptors (Lipinski definition) is 5. The maximum atomic E-state index is 11.6. The summed E-state index contributed by atoms with van der Waals surface area (Å²) < 4.78 is 15.8. The van der Waals surface area contributed by atoms with Crippen LogP contribution in [-0.2, 0) is 14.2 Å². The molecular formula is C17H28N2O4. The number of amides is 1. The Morgan fingerprint density at radius 2 is 1.70 bits per heavy atom. The molecule has 3 N–H and O–H groups in total. The van der Waals surface area contributed by atoms with Crippen molar-refractivity contribution in [3.05, 3.63) is 0 Å². The zero-order chi connectivity index (χ0) is 16.3. The molecule has 1 saturated carbocycles. The molecule has 0 radical (unpaired) electrons. The molecule has 2 rings (SSSR count). The van der Waals surface area contributed by atoms with Crippen LogP contribution in [0.1, 0.15) is 25.7 Å². The largest absolute Gasteiger partial charge is 0.449 e. The van der Waals surface area contributed by atoms with Crippen molar-refractivity contribution in [2.24, 2.45) is 23.5 Å². The van der Waals surface area contributed by atoms with E-state index in [0.29, 0.717) is 63.9 Å². The fourth-order valence-electron chi connectivity index (χ4n) is 3.14. The van der Waals surface area contributed by atoms with Gasteiger partial charge >= 0.3 is 6.09 Å². The first-order valence-electron chi connectivity index (χ1n) is 8.55. The topological polar surface area (TPSA) is 82.8 Å². The van der Waals surface area contributed by atoms with Crippen molar-refractivity contribution < 1.29 is 19.0 Å². The highest BCUT2D eigenvalue weighted by atomic mass is 16.6. The van der Waals surface area contributed by atoms with Crippen LogP contribution in [0.3, 0.4) is 0 Å². The summed E-state index contributed by atoms with van der Waals surface area (Å²) in [5, 5.41) is 2.70.